The van der Waals surface area contributed by atoms with Crippen molar-refractivity contribution < 1.29 is 0 Å². The standard InChI is InChI=1S/C10H11N3.ClH/c1-6-8(3-11)7(2)13-10-5-12-4-9(6)10;/h12H,4-5H2,1-2H3;1H. The van der Waals surface area contributed by atoms with E-state index < -0.39 is 0 Å². The summed E-state index contributed by atoms with van der Waals surface area (Å²) in [5.41, 5.74) is 5.00. The molecule has 0 atom stereocenters. The smallest absolute Gasteiger partial charge is 0.101 e. The number of hydrogen-bond donors (Lipinski definition) is 1. The van der Waals surface area contributed by atoms with Crippen molar-refractivity contribution in [2.75, 3.05) is 0 Å². The van der Waals surface area contributed by atoms with Gasteiger partial charge in [-0.25, -0.2) is 0 Å². The number of nitriles is 1. The van der Waals surface area contributed by atoms with E-state index in [1.54, 1.807) is 0 Å². The van der Waals surface area contributed by atoms with Crippen LogP contribution in [0.2, 0.25) is 0 Å². The molecule has 0 fully saturated rings. The topological polar surface area (TPSA) is 48.7 Å². The van der Waals surface area contributed by atoms with Crippen molar-refractivity contribution in [2.24, 2.45) is 0 Å². The first-order valence-electron chi connectivity index (χ1n) is 4.34. The van der Waals surface area contributed by atoms with Gasteiger partial charge >= 0.3 is 0 Å². The van der Waals surface area contributed by atoms with E-state index >= 15 is 0 Å². The minimum absolute atomic E-state index is 0. The zero-order chi connectivity index (χ0) is 9.42. The van der Waals surface area contributed by atoms with Gasteiger partial charge in [-0.3, -0.25) is 4.98 Å². The molecule has 1 aliphatic heterocycles. The number of fused-ring (bicyclic) bond motifs is 1. The van der Waals surface area contributed by atoms with Crippen molar-refractivity contribution in [1.82, 2.24) is 10.3 Å². The molecule has 1 aromatic heterocycles. The van der Waals surface area contributed by atoms with Gasteiger partial charge in [0.2, 0.25) is 0 Å². The summed E-state index contributed by atoms with van der Waals surface area (Å²) in [5, 5.41) is 12.2. The van der Waals surface area contributed by atoms with Crippen molar-refractivity contribution in [3.63, 3.8) is 0 Å². The Morgan fingerprint density at radius 1 is 1.36 bits per heavy atom. The summed E-state index contributed by atoms with van der Waals surface area (Å²) in [6.45, 7) is 5.58. The van der Waals surface area contributed by atoms with E-state index in [1.807, 2.05) is 13.8 Å². The van der Waals surface area contributed by atoms with Crippen LogP contribution in [0.4, 0.5) is 0 Å². The van der Waals surface area contributed by atoms with Crippen LogP contribution in [-0.4, -0.2) is 4.98 Å². The average Bonchev–Trinajstić information content (AvgIpc) is 2.53. The van der Waals surface area contributed by atoms with E-state index in [0.717, 1.165) is 35.6 Å². The Balaban J connectivity index is 0.000000980. The van der Waals surface area contributed by atoms with E-state index in [0.29, 0.717) is 0 Å². The van der Waals surface area contributed by atoms with Gasteiger partial charge in [-0.1, -0.05) is 0 Å². The van der Waals surface area contributed by atoms with E-state index in [9.17, 15) is 0 Å². The van der Waals surface area contributed by atoms with Crippen LogP contribution in [0.3, 0.4) is 0 Å². The molecular formula is C10H12ClN3. The lowest BCUT2D eigenvalue weighted by Gasteiger charge is -2.06. The van der Waals surface area contributed by atoms with Gasteiger partial charge in [-0.05, 0) is 25.0 Å². The quantitative estimate of drug-likeness (QED) is 0.706. The molecule has 3 nitrogen and oxygen atoms in total. The van der Waals surface area contributed by atoms with Crippen LogP contribution in [0, 0.1) is 25.2 Å². The molecule has 0 bridgehead atoms. The second-order valence-electron chi connectivity index (χ2n) is 3.34. The van der Waals surface area contributed by atoms with Gasteiger partial charge in [-0.2, -0.15) is 5.26 Å². The molecule has 2 rings (SSSR count). The number of aromatic nitrogens is 1. The largest absolute Gasteiger partial charge is 0.307 e. The highest BCUT2D eigenvalue weighted by atomic mass is 35.5. The molecule has 0 saturated heterocycles. The molecule has 2 heterocycles. The summed E-state index contributed by atoms with van der Waals surface area (Å²) in [6, 6.07) is 2.20. The molecule has 0 saturated carbocycles. The van der Waals surface area contributed by atoms with Gasteiger partial charge in [-0.15, -0.1) is 12.4 Å². The third-order valence-corrected chi connectivity index (χ3v) is 2.55. The molecule has 0 aromatic carbocycles. The van der Waals surface area contributed by atoms with E-state index in [4.69, 9.17) is 5.26 Å². The number of halogens is 1. The molecule has 1 aromatic rings. The molecule has 1 N–H and O–H groups in total. The van der Waals surface area contributed by atoms with Gasteiger partial charge < -0.3 is 5.32 Å². The van der Waals surface area contributed by atoms with Gasteiger partial charge in [0.15, 0.2) is 0 Å². The maximum Gasteiger partial charge on any atom is 0.101 e. The molecule has 4 heteroatoms. The van der Waals surface area contributed by atoms with Crippen LogP contribution in [0.5, 0.6) is 0 Å². The molecule has 0 radical (unpaired) electrons. The van der Waals surface area contributed by atoms with E-state index in [1.165, 1.54) is 5.56 Å². The average molecular weight is 210 g/mol. The van der Waals surface area contributed by atoms with Crippen molar-refractivity contribution in [1.29, 1.82) is 5.26 Å². The van der Waals surface area contributed by atoms with Crippen LogP contribution < -0.4 is 5.32 Å². The Labute approximate surface area is 89.6 Å². The molecular weight excluding hydrogens is 198 g/mol. The van der Waals surface area contributed by atoms with E-state index in [-0.39, 0.29) is 12.4 Å². The van der Waals surface area contributed by atoms with Crippen molar-refractivity contribution in [3.05, 3.63) is 28.1 Å². The number of aryl methyl sites for hydroxylation is 1. The van der Waals surface area contributed by atoms with Gasteiger partial charge in [0, 0.05) is 13.1 Å². The first-order valence-corrected chi connectivity index (χ1v) is 4.34. The highest BCUT2D eigenvalue weighted by molar-refractivity contribution is 5.85. The fraction of sp³-hybridized carbons (Fsp3) is 0.400. The van der Waals surface area contributed by atoms with Crippen molar-refractivity contribution >= 4 is 12.4 Å². The number of nitrogens with zero attached hydrogens (tertiary/aromatic N) is 2. The van der Waals surface area contributed by atoms with Crippen LogP contribution >= 0.6 is 12.4 Å². The van der Waals surface area contributed by atoms with Crippen LogP contribution in [0.1, 0.15) is 28.1 Å². The fourth-order valence-corrected chi connectivity index (χ4v) is 1.82. The Morgan fingerprint density at radius 3 is 2.71 bits per heavy atom. The zero-order valence-corrected chi connectivity index (χ0v) is 9.03. The van der Waals surface area contributed by atoms with E-state index in [2.05, 4.69) is 16.4 Å². The molecule has 0 amide bonds. The van der Waals surface area contributed by atoms with Crippen molar-refractivity contribution in [3.8, 4) is 6.07 Å². The summed E-state index contributed by atoms with van der Waals surface area (Å²) in [5.74, 6) is 0. The summed E-state index contributed by atoms with van der Waals surface area (Å²) in [4.78, 5) is 4.40. The Kier molecular flexibility index (Phi) is 3.10. The summed E-state index contributed by atoms with van der Waals surface area (Å²) in [6.07, 6.45) is 0. The predicted molar refractivity (Wildman–Crippen MR) is 56.2 cm³/mol. The van der Waals surface area contributed by atoms with Gasteiger partial charge in [0.25, 0.3) is 0 Å². The first kappa shape index (κ1) is 11.0. The molecule has 1 aliphatic rings. The minimum atomic E-state index is 0. The predicted octanol–water partition coefficient (Wildman–Crippen LogP) is 1.60. The maximum absolute atomic E-state index is 8.92. The monoisotopic (exact) mass is 209 g/mol. The first-order chi connectivity index (χ1) is 6.24. The number of nitrogens with one attached hydrogen (secondary N) is 1. The lowest BCUT2D eigenvalue weighted by atomic mass is 10.0. The Morgan fingerprint density at radius 2 is 2.07 bits per heavy atom. The third-order valence-electron chi connectivity index (χ3n) is 2.55. The lowest BCUT2D eigenvalue weighted by Crippen LogP contribution is -2.00. The highest BCUT2D eigenvalue weighted by Crippen LogP contribution is 2.22. The molecule has 74 valence electrons. The normalized spacial score (nSPS) is 12.9. The maximum atomic E-state index is 8.92. The SMILES string of the molecule is Cc1nc2c(c(C)c1C#N)CNC2.Cl. The van der Waals surface area contributed by atoms with Crippen LogP contribution in [0.15, 0.2) is 0 Å². The lowest BCUT2D eigenvalue weighted by molar-refractivity contribution is 0.756. The third kappa shape index (κ3) is 1.47. The van der Waals surface area contributed by atoms with Crippen LogP contribution in [-0.2, 0) is 13.1 Å². The van der Waals surface area contributed by atoms with Gasteiger partial charge in [0.1, 0.15) is 6.07 Å². The Hall–Kier alpha value is -1.11. The number of hydrogen-bond acceptors (Lipinski definition) is 3. The molecule has 14 heavy (non-hydrogen) atoms. The zero-order valence-electron chi connectivity index (χ0n) is 8.22. The fourth-order valence-electron chi connectivity index (χ4n) is 1.82. The second kappa shape index (κ2) is 3.95. The molecule has 0 aliphatic carbocycles. The molecule has 0 unspecified atom stereocenters. The summed E-state index contributed by atoms with van der Waals surface area (Å²) < 4.78 is 0. The number of pyridine rings is 1. The van der Waals surface area contributed by atoms with Gasteiger partial charge in [0.05, 0.1) is 17.0 Å². The van der Waals surface area contributed by atoms with Crippen molar-refractivity contribution in [2.45, 2.75) is 26.9 Å². The summed E-state index contributed by atoms with van der Waals surface area (Å²) >= 11 is 0. The number of rotatable bonds is 0. The second-order valence-corrected chi connectivity index (χ2v) is 3.34. The molecule has 0 spiro atoms. The Bertz CT molecular complexity index is 406. The minimum Gasteiger partial charge on any atom is -0.307 e. The highest BCUT2D eigenvalue weighted by Gasteiger charge is 2.17. The van der Waals surface area contributed by atoms with Crippen LogP contribution in [0.25, 0.3) is 0 Å². The summed E-state index contributed by atoms with van der Waals surface area (Å²) in [7, 11) is 0.